The van der Waals surface area contributed by atoms with Crippen molar-refractivity contribution in [3.63, 3.8) is 0 Å². The summed E-state index contributed by atoms with van der Waals surface area (Å²) in [6.07, 6.45) is 1.38. The molecule has 1 rings (SSSR count). The smallest absolute Gasteiger partial charge is 0.319 e. The quantitative estimate of drug-likeness (QED) is 0.641. The molecule has 0 saturated carbocycles. The zero-order valence-corrected chi connectivity index (χ0v) is 13.1. The third-order valence-electron chi connectivity index (χ3n) is 2.23. The first kappa shape index (κ1) is 16.7. The normalized spacial score (nSPS) is 10.9. The molecule has 1 aromatic carbocycles. The fourth-order valence-electron chi connectivity index (χ4n) is 1.45. The number of imide groups is 1. The lowest BCUT2D eigenvalue weighted by atomic mass is 10.1. The number of urea groups is 1. The molecule has 0 atom stereocenters. The fourth-order valence-corrected chi connectivity index (χ4v) is 1.94. The topological polar surface area (TPSA) is 105 Å². The van der Waals surface area contributed by atoms with E-state index in [0.717, 1.165) is 0 Å². The summed E-state index contributed by atoms with van der Waals surface area (Å²) in [6.45, 7) is 3.81. The van der Waals surface area contributed by atoms with Crippen LogP contribution in [0.25, 0.3) is 6.08 Å². The van der Waals surface area contributed by atoms with Gasteiger partial charge < -0.3 is 10.5 Å². The van der Waals surface area contributed by atoms with Gasteiger partial charge in [0.2, 0.25) is 0 Å². The number of carbonyl (C=O) groups excluding carboxylic acids is 2. The number of halogens is 1. The number of rotatable bonds is 4. The van der Waals surface area contributed by atoms with Gasteiger partial charge in [0.15, 0.2) is 0 Å². The Morgan fingerprint density at radius 3 is 2.62 bits per heavy atom. The van der Waals surface area contributed by atoms with Gasteiger partial charge in [0.25, 0.3) is 5.91 Å². The van der Waals surface area contributed by atoms with Crippen LogP contribution in [0.4, 0.5) is 4.79 Å². The molecule has 0 aliphatic rings. The molecule has 0 fully saturated rings. The van der Waals surface area contributed by atoms with E-state index in [-0.39, 0.29) is 11.7 Å². The Balaban J connectivity index is 3.02. The zero-order valence-electron chi connectivity index (χ0n) is 11.5. The van der Waals surface area contributed by atoms with E-state index in [1.165, 1.54) is 6.08 Å². The van der Waals surface area contributed by atoms with E-state index >= 15 is 0 Å². The molecule has 0 saturated heterocycles. The molecule has 1 aromatic rings. The molecule has 0 bridgehead atoms. The van der Waals surface area contributed by atoms with Gasteiger partial charge in [0.1, 0.15) is 17.4 Å². The maximum absolute atomic E-state index is 11.5. The molecule has 0 aliphatic carbocycles. The van der Waals surface area contributed by atoms with E-state index in [4.69, 9.17) is 15.7 Å². The Morgan fingerprint density at radius 2 is 2.14 bits per heavy atom. The standard InChI is InChI=1S/C14H14BrN3O3/c1-8(2)21-12-4-3-9(6-11(12)15)5-10(7-16)13(19)18-14(17)20/h3-6,8H,1-2H3,(H3,17,18,19,20)/b10-5-. The number of nitrogens with one attached hydrogen (secondary N) is 1. The minimum atomic E-state index is -1.01. The van der Waals surface area contributed by atoms with Crippen molar-refractivity contribution >= 4 is 33.9 Å². The highest BCUT2D eigenvalue weighted by atomic mass is 79.9. The summed E-state index contributed by atoms with van der Waals surface area (Å²) < 4.78 is 6.25. The third kappa shape index (κ3) is 5.28. The highest BCUT2D eigenvalue weighted by Gasteiger charge is 2.11. The summed E-state index contributed by atoms with van der Waals surface area (Å²) >= 11 is 3.35. The summed E-state index contributed by atoms with van der Waals surface area (Å²) in [5.74, 6) is -0.189. The fraction of sp³-hybridized carbons (Fsp3) is 0.214. The van der Waals surface area contributed by atoms with Gasteiger partial charge in [0, 0.05) is 0 Å². The van der Waals surface area contributed by atoms with Crippen LogP contribution in [0.3, 0.4) is 0 Å². The van der Waals surface area contributed by atoms with Gasteiger partial charge in [-0.15, -0.1) is 0 Å². The number of hydrogen-bond acceptors (Lipinski definition) is 4. The van der Waals surface area contributed by atoms with Gasteiger partial charge in [-0.3, -0.25) is 10.1 Å². The SMILES string of the molecule is CC(C)Oc1ccc(/C=C(/C#N)C(=O)NC(N)=O)cc1Br. The average molecular weight is 352 g/mol. The molecule has 6 nitrogen and oxygen atoms in total. The number of nitrogens with zero attached hydrogens (tertiary/aromatic N) is 1. The molecular weight excluding hydrogens is 338 g/mol. The molecule has 0 radical (unpaired) electrons. The van der Waals surface area contributed by atoms with Crippen molar-refractivity contribution in [1.29, 1.82) is 5.26 Å². The van der Waals surface area contributed by atoms with Crippen molar-refractivity contribution in [2.75, 3.05) is 0 Å². The lowest BCUT2D eigenvalue weighted by molar-refractivity contribution is -0.115. The highest BCUT2D eigenvalue weighted by Crippen LogP contribution is 2.27. The zero-order chi connectivity index (χ0) is 16.0. The Bertz CT molecular complexity index is 633. The van der Waals surface area contributed by atoms with Crippen molar-refractivity contribution < 1.29 is 14.3 Å². The van der Waals surface area contributed by atoms with Crippen molar-refractivity contribution in [1.82, 2.24) is 5.32 Å². The second-order valence-electron chi connectivity index (χ2n) is 4.34. The average Bonchev–Trinajstić information content (AvgIpc) is 2.37. The number of nitrogens with two attached hydrogens (primary N) is 1. The Morgan fingerprint density at radius 1 is 1.48 bits per heavy atom. The Kier molecular flexibility index (Phi) is 5.93. The molecule has 110 valence electrons. The molecular formula is C14H14BrN3O3. The van der Waals surface area contributed by atoms with Crippen molar-refractivity contribution in [3.8, 4) is 11.8 Å². The van der Waals surface area contributed by atoms with Gasteiger partial charge in [-0.05, 0) is 53.5 Å². The summed E-state index contributed by atoms with van der Waals surface area (Å²) in [5.41, 5.74) is 5.22. The first-order valence-corrected chi connectivity index (χ1v) is 6.81. The summed E-state index contributed by atoms with van der Waals surface area (Å²) in [4.78, 5) is 22.2. The molecule has 0 heterocycles. The second-order valence-corrected chi connectivity index (χ2v) is 5.20. The highest BCUT2D eigenvalue weighted by molar-refractivity contribution is 9.10. The van der Waals surface area contributed by atoms with Gasteiger partial charge >= 0.3 is 6.03 Å². The minimum Gasteiger partial charge on any atom is -0.490 e. The number of nitriles is 1. The number of hydrogen-bond donors (Lipinski definition) is 2. The molecule has 7 heteroatoms. The maximum Gasteiger partial charge on any atom is 0.319 e. The number of benzene rings is 1. The third-order valence-corrected chi connectivity index (χ3v) is 2.85. The van der Waals surface area contributed by atoms with Gasteiger partial charge in [-0.25, -0.2) is 4.79 Å². The van der Waals surface area contributed by atoms with Crippen LogP contribution in [0.15, 0.2) is 28.2 Å². The minimum absolute atomic E-state index is 0.0266. The molecule has 21 heavy (non-hydrogen) atoms. The van der Waals surface area contributed by atoms with Crippen molar-refractivity contribution in [3.05, 3.63) is 33.8 Å². The van der Waals surface area contributed by atoms with Crippen LogP contribution < -0.4 is 15.8 Å². The molecule has 0 unspecified atom stereocenters. The van der Waals surface area contributed by atoms with Crippen LogP contribution in [-0.2, 0) is 4.79 Å². The number of ether oxygens (including phenoxy) is 1. The lowest BCUT2D eigenvalue weighted by Gasteiger charge is -2.11. The Labute approximate surface area is 130 Å². The van der Waals surface area contributed by atoms with Crippen molar-refractivity contribution in [2.45, 2.75) is 20.0 Å². The van der Waals surface area contributed by atoms with E-state index in [2.05, 4.69) is 15.9 Å². The number of primary amides is 1. The van der Waals surface area contributed by atoms with Gasteiger partial charge in [-0.2, -0.15) is 5.26 Å². The van der Waals surface area contributed by atoms with Crippen LogP contribution in [0.2, 0.25) is 0 Å². The predicted octanol–water partition coefficient (Wildman–Crippen LogP) is 2.34. The summed E-state index contributed by atoms with van der Waals surface area (Å²) in [6, 6.07) is 5.82. The molecule has 3 N–H and O–H groups in total. The van der Waals surface area contributed by atoms with Crippen LogP contribution in [0.5, 0.6) is 5.75 Å². The maximum atomic E-state index is 11.5. The van der Waals surface area contributed by atoms with Gasteiger partial charge in [0.05, 0.1) is 10.6 Å². The number of carbonyl (C=O) groups is 2. The lowest BCUT2D eigenvalue weighted by Crippen LogP contribution is -2.35. The van der Waals surface area contributed by atoms with Crippen LogP contribution >= 0.6 is 15.9 Å². The first-order valence-electron chi connectivity index (χ1n) is 6.02. The van der Waals surface area contributed by atoms with E-state index in [9.17, 15) is 9.59 Å². The summed E-state index contributed by atoms with van der Waals surface area (Å²) in [5, 5.41) is 10.8. The largest absolute Gasteiger partial charge is 0.490 e. The van der Waals surface area contributed by atoms with Crippen LogP contribution in [0.1, 0.15) is 19.4 Å². The van der Waals surface area contributed by atoms with E-state index in [0.29, 0.717) is 15.8 Å². The van der Waals surface area contributed by atoms with Crippen molar-refractivity contribution in [2.24, 2.45) is 5.73 Å². The Hall–Kier alpha value is -2.33. The monoisotopic (exact) mass is 351 g/mol. The van der Waals surface area contributed by atoms with Gasteiger partial charge in [-0.1, -0.05) is 6.07 Å². The molecule has 0 aromatic heterocycles. The molecule has 0 spiro atoms. The summed E-state index contributed by atoms with van der Waals surface area (Å²) in [7, 11) is 0. The van der Waals surface area contributed by atoms with Crippen LogP contribution in [-0.4, -0.2) is 18.0 Å². The molecule has 3 amide bonds. The van der Waals surface area contributed by atoms with E-state index < -0.39 is 11.9 Å². The molecule has 0 aliphatic heterocycles. The van der Waals surface area contributed by atoms with E-state index in [1.54, 1.807) is 24.3 Å². The predicted molar refractivity (Wildman–Crippen MR) is 81.2 cm³/mol. The van der Waals surface area contributed by atoms with Crippen LogP contribution in [0, 0.1) is 11.3 Å². The van der Waals surface area contributed by atoms with E-state index in [1.807, 2.05) is 19.2 Å². The first-order chi connectivity index (χ1) is 9.83. The second kappa shape index (κ2) is 7.45. The number of amides is 3.